The van der Waals surface area contributed by atoms with Gasteiger partial charge in [-0.3, -0.25) is 0 Å². The maximum Gasteiger partial charge on any atom is 0.336 e. The minimum absolute atomic E-state index is 0.283. The Hall–Kier alpha value is -1.51. The molecule has 2 saturated carbocycles. The highest BCUT2D eigenvalue weighted by Crippen LogP contribution is 2.53. The zero-order chi connectivity index (χ0) is 14.2. The van der Waals surface area contributed by atoms with E-state index in [0.717, 1.165) is 17.7 Å². The molecule has 1 N–H and O–H groups in total. The number of benzene rings is 1. The molecule has 2 aliphatic rings. The van der Waals surface area contributed by atoms with Crippen molar-refractivity contribution >= 4 is 5.97 Å². The second kappa shape index (κ2) is 5.12. The highest BCUT2D eigenvalue weighted by atomic mass is 16.5. The number of hydrogen-bond donors (Lipinski definition) is 1. The molecule has 1 aromatic rings. The van der Waals surface area contributed by atoms with E-state index in [9.17, 15) is 9.90 Å². The minimum Gasteiger partial charge on any atom is -0.490 e. The third-order valence-electron chi connectivity index (χ3n) is 5.22. The molecule has 0 bridgehead atoms. The Morgan fingerprint density at radius 3 is 2.60 bits per heavy atom. The van der Waals surface area contributed by atoms with Crippen LogP contribution in [0.3, 0.4) is 0 Å². The zero-order valence-electron chi connectivity index (χ0n) is 12.0. The van der Waals surface area contributed by atoms with Crippen LogP contribution in [0.4, 0.5) is 0 Å². The van der Waals surface area contributed by atoms with Crippen molar-refractivity contribution in [2.45, 2.75) is 58.0 Å². The molecule has 0 radical (unpaired) electrons. The topological polar surface area (TPSA) is 46.5 Å². The maximum absolute atomic E-state index is 11.2. The number of carboxylic acids is 1. The van der Waals surface area contributed by atoms with Crippen LogP contribution in [-0.2, 0) is 0 Å². The first-order valence-corrected chi connectivity index (χ1v) is 7.62. The standard InChI is InChI=1S/C17H22O3/c1-12-13(16(18)19)6-5-7-14(12)20-15-8-11-17(15)9-3-2-4-10-17/h5-7,15H,2-4,8-11H2,1H3,(H,18,19). The summed E-state index contributed by atoms with van der Waals surface area (Å²) in [5.74, 6) is -0.131. The van der Waals surface area contributed by atoms with Gasteiger partial charge >= 0.3 is 5.97 Å². The molecule has 3 nitrogen and oxygen atoms in total. The van der Waals surface area contributed by atoms with Gasteiger partial charge in [0.1, 0.15) is 11.9 Å². The summed E-state index contributed by atoms with van der Waals surface area (Å²) in [6.45, 7) is 1.84. The van der Waals surface area contributed by atoms with E-state index in [-0.39, 0.29) is 6.10 Å². The average Bonchev–Trinajstić information content (AvgIpc) is 2.45. The molecule has 20 heavy (non-hydrogen) atoms. The molecule has 3 rings (SSSR count). The predicted molar refractivity (Wildman–Crippen MR) is 77.3 cm³/mol. The van der Waals surface area contributed by atoms with Gasteiger partial charge in [-0.15, -0.1) is 0 Å². The summed E-state index contributed by atoms with van der Waals surface area (Å²) in [7, 11) is 0. The number of ether oxygens (including phenoxy) is 1. The third-order valence-corrected chi connectivity index (χ3v) is 5.22. The minimum atomic E-state index is -0.881. The summed E-state index contributed by atoms with van der Waals surface area (Å²) < 4.78 is 6.20. The van der Waals surface area contributed by atoms with Crippen LogP contribution in [0, 0.1) is 12.3 Å². The van der Waals surface area contributed by atoms with Crippen LogP contribution >= 0.6 is 0 Å². The van der Waals surface area contributed by atoms with Gasteiger partial charge in [0, 0.05) is 11.0 Å². The second-order valence-electron chi connectivity index (χ2n) is 6.30. The van der Waals surface area contributed by atoms with Crippen LogP contribution < -0.4 is 4.74 Å². The van der Waals surface area contributed by atoms with Crippen molar-refractivity contribution in [1.29, 1.82) is 0 Å². The first-order valence-electron chi connectivity index (χ1n) is 7.62. The number of hydrogen-bond acceptors (Lipinski definition) is 2. The van der Waals surface area contributed by atoms with Crippen molar-refractivity contribution in [3.63, 3.8) is 0 Å². The Bertz CT molecular complexity index is 515. The molecule has 1 unspecified atom stereocenters. The van der Waals surface area contributed by atoms with E-state index in [2.05, 4.69) is 0 Å². The monoisotopic (exact) mass is 274 g/mol. The molecular formula is C17H22O3. The van der Waals surface area contributed by atoms with Crippen LogP contribution in [0.1, 0.15) is 60.9 Å². The fourth-order valence-corrected chi connectivity index (χ4v) is 3.81. The van der Waals surface area contributed by atoms with E-state index in [4.69, 9.17) is 4.74 Å². The van der Waals surface area contributed by atoms with Crippen molar-refractivity contribution in [3.05, 3.63) is 29.3 Å². The predicted octanol–water partition coefficient (Wildman–Crippen LogP) is 4.18. The third kappa shape index (κ3) is 2.19. The lowest BCUT2D eigenvalue weighted by Gasteiger charge is -2.51. The lowest BCUT2D eigenvalue weighted by atomic mass is 9.58. The molecule has 0 heterocycles. The normalized spacial score (nSPS) is 24.1. The van der Waals surface area contributed by atoms with Crippen LogP contribution in [0.25, 0.3) is 0 Å². The van der Waals surface area contributed by atoms with Crippen LogP contribution in [0.15, 0.2) is 18.2 Å². The zero-order valence-corrected chi connectivity index (χ0v) is 12.0. The summed E-state index contributed by atoms with van der Waals surface area (Å²) in [4.78, 5) is 11.2. The highest BCUT2D eigenvalue weighted by molar-refractivity contribution is 5.90. The van der Waals surface area contributed by atoms with Crippen molar-refractivity contribution < 1.29 is 14.6 Å². The maximum atomic E-state index is 11.2. The van der Waals surface area contributed by atoms with Gasteiger partial charge in [-0.25, -0.2) is 4.79 Å². The second-order valence-corrected chi connectivity index (χ2v) is 6.30. The SMILES string of the molecule is Cc1c(OC2CCC23CCCCC3)cccc1C(=O)O. The first-order chi connectivity index (χ1) is 9.62. The summed E-state index contributed by atoms with van der Waals surface area (Å²) in [6, 6.07) is 5.32. The molecule has 1 atom stereocenters. The van der Waals surface area contributed by atoms with E-state index in [1.165, 1.54) is 38.5 Å². The van der Waals surface area contributed by atoms with Gasteiger partial charge in [0.2, 0.25) is 0 Å². The molecule has 108 valence electrons. The number of carboxylic acid groups (broad SMARTS) is 1. The Morgan fingerprint density at radius 1 is 1.25 bits per heavy atom. The Balaban J connectivity index is 1.78. The Kier molecular flexibility index (Phi) is 3.45. The largest absolute Gasteiger partial charge is 0.490 e. The quantitative estimate of drug-likeness (QED) is 0.899. The van der Waals surface area contributed by atoms with Crippen molar-refractivity contribution in [1.82, 2.24) is 0 Å². The van der Waals surface area contributed by atoms with E-state index in [1.54, 1.807) is 12.1 Å². The van der Waals surface area contributed by atoms with E-state index >= 15 is 0 Å². The van der Waals surface area contributed by atoms with Crippen LogP contribution in [0.5, 0.6) is 5.75 Å². The molecule has 0 aromatic heterocycles. The molecule has 0 aliphatic heterocycles. The molecule has 0 saturated heterocycles. The lowest BCUT2D eigenvalue weighted by Crippen LogP contribution is -2.49. The molecule has 1 aromatic carbocycles. The Morgan fingerprint density at radius 2 is 2.00 bits per heavy atom. The summed E-state index contributed by atoms with van der Waals surface area (Å²) >= 11 is 0. The van der Waals surface area contributed by atoms with Crippen LogP contribution in [-0.4, -0.2) is 17.2 Å². The molecule has 2 aliphatic carbocycles. The number of aromatic carboxylic acids is 1. The smallest absolute Gasteiger partial charge is 0.336 e. The first kappa shape index (κ1) is 13.5. The highest BCUT2D eigenvalue weighted by Gasteiger charge is 2.48. The fourth-order valence-electron chi connectivity index (χ4n) is 3.81. The molecule has 0 amide bonds. The fraction of sp³-hybridized carbons (Fsp3) is 0.588. The lowest BCUT2D eigenvalue weighted by molar-refractivity contribution is -0.0706. The molecule has 3 heteroatoms. The van der Waals surface area contributed by atoms with Gasteiger partial charge in [-0.2, -0.15) is 0 Å². The van der Waals surface area contributed by atoms with E-state index in [1.807, 2.05) is 13.0 Å². The van der Waals surface area contributed by atoms with Gasteiger partial charge in [0.25, 0.3) is 0 Å². The molecule has 2 fully saturated rings. The van der Waals surface area contributed by atoms with Gasteiger partial charge < -0.3 is 9.84 Å². The number of carbonyl (C=O) groups is 1. The van der Waals surface area contributed by atoms with Gasteiger partial charge in [-0.05, 0) is 44.7 Å². The van der Waals surface area contributed by atoms with Gasteiger partial charge in [-0.1, -0.05) is 25.3 Å². The summed E-state index contributed by atoms with van der Waals surface area (Å²) in [5, 5.41) is 9.18. The van der Waals surface area contributed by atoms with Crippen molar-refractivity contribution in [2.75, 3.05) is 0 Å². The average molecular weight is 274 g/mol. The Labute approximate surface area is 120 Å². The van der Waals surface area contributed by atoms with Gasteiger partial charge in [0.15, 0.2) is 0 Å². The van der Waals surface area contributed by atoms with Gasteiger partial charge in [0.05, 0.1) is 5.56 Å². The van der Waals surface area contributed by atoms with E-state index < -0.39 is 5.97 Å². The summed E-state index contributed by atoms with van der Waals surface area (Å²) in [6.07, 6.45) is 9.19. The molecular weight excluding hydrogens is 252 g/mol. The van der Waals surface area contributed by atoms with Crippen molar-refractivity contribution in [2.24, 2.45) is 5.41 Å². The van der Waals surface area contributed by atoms with Crippen molar-refractivity contribution in [3.8, 4) is 5.75 Å². The van der Waals surface area contributed by atoms with Crippen LogP contribution in [0.2, 0.25) is 0 Å². The van der Waals surface area contributed by atoms with E-state index in [0.29, 0.717) is 11.0 Å². The molecule has 1 spiro atoms. The number of rotatable bonds is 3. The summed E-state index contributed by atoms with van der Waals surface area (Å²) in [5.41, 5.74) is 1.47.